The average molecular weight is 869 g/mol. The summed E-state index contributed by atoms with van der Waals surface area (Å²) in [6.07, 6.45) is 0. The van der Waals surface area contributed by atoms with E-state index in [4.69, 9.17) is 0 Å². The third-order valence-corrected chi connectivity index (χ3v) is 7.01. The Morgan fingerprint density at radius 2 is 0.258 bits per heavy atom. The maximum atomic E-state index is 9.82. The molecule has 2 heteroatoms. The Morgan fingerprint density at radius 1 is 0.197 bits per heavy atom. The Bertz CT molecular complexity index is 1390. The molecule has 0 heterocycles. The van der Waals surface area contributed by atoms with E-state index in [2.05, 4.69) is 4.74 Å². The molecule has 0 fully saturated rings. The van der Waals surface area contributed by atoms with Crippen molar-refractivity contribution in [3.05, 3.63) is 364 Å². The number of rotatable bonds is 1. The SMILES string of the molecule is CCOC(C)=O.c1ccccc1.c1ccccc1.c1ccccc1.c1ccccc1.c1ccccc1.c1ccccc1.c1ccccc1.c1ccccc1.c1ccccc1.c1ccccc1. The fourth-order valence-electron chi connectivity index (χ4n) is 4.05. The molecule has 10 rings (SSSR count). The number of esters is 1. The van der Waals surface area contributed by atoms with Crippen LogP contribution in [0.2, 0.25) is 0 Å². The van der Waals surface area contributed by atoms with Gasteiger partial charge < -0.3 is 4.74 Å². The lowest BCUT2D eigenvalue weighted by molar-refractivity contribution is -0.140. The normalized spacial score (nSPS) is 7.97. The largest absolute Gasteiger partial charge is 0.466 e. The second-order valence-electron chi connectivity index (χ2n) is 12.5. The molecule has 10 aromatic rings. The van der Waals surface area contributed by atoms with Crippen LogP contribution in [0.4, 0.5) is 0 Å². The van der Waals surface area contributed by atoms with Crippen LogP contribution in [-0.2, 0) is 9.53 Å². The van der Waals surface area contributed by atoms with Gasteiger partial charge in [-0.05, 0) is 6.92 Å². The maximum absolute atomic E-state index is 9.82. The number of hydrogen-bond donors (Lipinski definition) is 0. The van der Waals surface area contributed by atoms with Gasteiger partial charge in [-0.2, -0.15) is 0 Å². The fourth-order valence-corrected chi connectivity index (χ4v) is 4.05. The van der Waals surface area contributed by atoms with E-state index in [0.717, 1.165) is 0 Å². The van der Waals surface area contributed by atoms with Crippen molar-refractivity contribution in [1.29, 1.82) is 0 Å². The molecule has 0 N–H and O–H groups in total. The van der Waals surface area contributed by atoms with Gasteiger partial charge in [-0.25, -0.2) is 0 Å². The molecule has 2 nitrogen and oxygen atoms in total. The molecule has 0 atom stereocenters. The van der Waals surface area contributed by atoms with Gasteiger partial charge in [0.15, 0.2) is 0 Å². The van der Waals surface area contributed by atoms with Gasteiger partial charge in [0.05, 0.1) is 6.61 Å². The first-order valence-electron chi connectivity index (χ1n) is 21.9. The second kappa shape index (κ2) is 54.7. The van der Waals surface area contributed by atoms with Gasteiger partial charge in [0.1, 0.15) is 0 Å². The first kappa shape index (κ1) is 57.7. The molecular weight excluding hydrogens is 801 g/mol. The predicted molar refractivity (Wildman–Crippen MR) is 287 cm³/mol. The van der Waals surface area contributed by atoms with Crippen molar-refractivity contribution in [2.45, 2.75) is 13.8 Å². The first-order valence-corrected chi connectivity index (χ1v) is 21.9. The number of ether oxygens (including phenoxy) is 1. The molecule has 10 aromatic carbocycles. The highest BCUT2D eigenvalue weighted by Crippen LogP contribution is 1.85. The zero-order valence-electron chi connectivity index (χ0n) is 38.7. The number of carbonyl (C=O) groups excluding carboxylic acids is 1. The van der Waals surface area contributed by atoms with Crippen LogP contribution in [-0.4, -0.2) is 12.6 Å². The molecule has 0 bridgehead atoms. The lowest BCUT2D eigenvalue weighted by Gasteiger charge is -1.89. The summed E-state index contributed by atoms with van der Waals surface area (Å²) in [4.78, 5) is 9.82. The highest BCUT2D eigenvalue weighted by Gasteiger charge is 1.81. The Balaban J connectivity index is 0.000000704. The minimum absolute atomic E-state index is 0.211. The molecule has 0 aliphatic rings. The molecule has 0 aliphatic heterocycles. The van der Waals surface area contributed by atoms with Crippen LogP contribution in [0.3, 0.4) is 0 Å². The molecule has 66 heavy (non-hydrogen) atoms. The van der Waals surface area contributed by atoms with E-state index < -0.39 is 0 Å². The summed E-state index contributed by atoms with van der Waals surface area (Å²) in [6.45, 7) is 3.65. The topological polar surface area (TPSA) is 26.3 Å². The Morgan fingerprint density at radius 3 is 0.273 bits per heavy atom. The van der Waals surface area contributed by atoms with Gasteiger partial charge in [-0.15, -0.1) is 0 Å². The lowest BCUT2D eigenvalue weighted by Crippen LogP contribution is -1.95. The van der Waals surface area contributed by atoms with Gasteiger partial charge >= 0.3 is 5.97 Å². The van der Waals surface area contributed by atoms with Gasteiger partial charge in [-0.1, -0.05) is 364 Å². The van der Waals surface area contributed by atoms with Crippen molar-refractivity contribution in [1.82, 2.24) is 0 Å². The van der Waals surface area contributed by atoms with Crippen LogP contribution >= 0.6 is 0 Å². The minimum Gasteiger partial charge on any atom is -0.466 e. The Labute approximate surface area is 398 Å². The van der Waals surface area contributed by atoms with Crippen LogP contribution < -0.4 is 0 Å². The summed E-state index contributed by atoms with van der Waals surface area (Å²) in [5.74, 6) is -0.211. The Kier molecular flexibility index (Phi) is 47.8. The maximum Gasteiger partial charge on any atom is 0.302 e. The first-order chi connectivity index (χ1) is 32.8. The molecule has 0 aromatic heterocycles. The van der Waals surface area contributed by atoms with Crippen LogP contribution in [0.25, 0.3) is 0 Å². The monoisotopic (exact) mass is 869 g/mol. The smallest absolute Gasteiger partial charge is 0.302 e. The Hall–Kier alpha value is -8.33. The van der Waals surface area contributed by atoms with E-state index in [1.54, 1.807) is 6.92 Å². The molecule has 336 valence electrons. The number of carbonyl (C=O) groups is 1. The third kappa shape index (κ3) is 55.7. The molecule has 0 amide bonds. The lowest BCUT2D eigenvalue weighted by atomic mass is 10.4. The van der Waals surface area contributed by atoms with Crippen molar-refractivity contribution in [3.8, 4) is 0 Å². The molecular formula is C64H68O2. The van der Waals surface area contributed by atoms with Crippen LogP contribution in [0.1, 0.15) is 13.8 Å². The zero-order chi connectivity index (χ0) is 47.4. The quantitative estimate of drug-likeness (QED) is 0.154. The molecule has 0 spiro atoms. The van der Waals surface area contributed by atoms with E-state index in [-0.39, 0.29) is 5.97 Å². The third-order valence-electron chi connectivity index (χ3n) is 7.01. The average Bonchev–Trinajstić information content (AvgIpc) is 3.45. The highest BCUT2D eigenvalue weighted by atomic mass is 16.5. The highest BCUT2D eigenvalue weighted by molar-refractivity contribution is 5.65. The summed E-state index contributed by atoms with van der Waals surface area (Å²) >= 11 is 0. The van der Waals surface area contributed by atoms with E-state index >= 15 is 0 Å². The predicted octanol–water partition coefficient (Wildman–Crippen LogP) is 17.4. The molecule has 0 aliphatic carbocycles. The van der Waals surface area contributed by atoms with Crippen molar-refractivity contribution in [3.63, 3.8) is 0 Å². The molecule has 0 saturated heterocycles. The van der Waals surface area contributed by atoms with Crippen LogP contribution in [0.15, 0.2) is 364 Å². The molecule has 0 unspecified atom stereocenters. The summed E-state index contributed by atoms with van der Waals surface area (Å²) < 4.78 is 4.40. The summed E-state index contributed by atoms with van der Waals surface area (Å²) in [6, 6.07) is 120. The van der Waals surface area contributed by atoms with E-state index in [9.17, 15) is 4.79 Å². The van der Waals surface area contributed by atoms with Crippen molar-refractivity contribution in [2.24, 2.45) is 0 Å². The molecule has 0 radical (unpaired) electrons. The number of hydrogen-bond acceptors (Lipinski definition) is 2. The second-order valence-corrected chi connectivity index (χ2v) is 12.5. The van der Waals surface area contributed by atoms with Crippen LogP contribution in [0, 0.1) is 0 Å². The van der Waals surface area contributed by atoms with Gasteiger partial charge in [0.2, 0.25) is 0 Å². The van der Waals surface area contributed by atoms with Crippen molar-refractivity contribution >= 4 is 5.97 Å². The zero-order valence-corrected chi connectivity index (χ0v) is 38.7. The van der Waals surface area contributed by atoms with Gasteiger partial charge in [0.25, 0.3) is 0 Å². The van der Waals surface area contributed by atoms with Gasteiger partial charge in [-0.3, -0.25) is 4.79 Å². The van der Waals surface area contributed by atoms with E-state index in [1.165, 1.54) is 6.92 Å². The van der Waals surface area contributed by atoms with E-state index in [0.29, 0.717) is 6.61 Å². The van der Waals surface area contributed by atoms with Gasteiger partial charge in [0, 0.05) is 6.92 Å². The minimum atomic E-state index is -0.211. The van der Waals surface area contributed by atoms with Crippen molar-refractivity contribution in [2.75, 3.05) is 6.61 Å². The summed E-state index contributed by atoms with van der Waals surface area (Å²) in [5, 5.41) is 0. The fraction of sp³-hybridized carbons (Fsp3) is 0.0469. The van der Waals surface area contributed by atoms with Crippen LogP contribution in [0.5, 0.6) is 0 Å². The van der Waals surface area contributed by atoms with E-state index in [1.807, 2.05) is 364 Å². The van der Waals surface area contributed by atoms with Crippen molar-refractivity contribution < 1.29 is 9.53 Å². The standard InChI is InChI=1S/10C6H6.C4H8O2/c10*1-2-4-6-5-3-1;1-3-6-4(2)5/h10*1-6H;3H2,1-2H3. The summed E-state index contributed by atoms with van der Waals surface area (Å²) in [7, 11) is 0. The summed E-state index contributed by atoms with van der Waals surface area (Å²) in [5.41, 5.74) is 0. The molecule has 0 saturated carbocycles. The number of benzene rings is 10.